The lowest BCUT2D eigenvalue weighted by molar-refractivity contribution is -0.212. The van der Waals surface area contributed by atoms with Crippen LogP contribution in [0.1, 0.15) is 27.7 Å². The van der Waals surface area contributed by atoms with E-state index in [1.807, 2.05) is 0 Å². The Morgan fingerprint density at radius 3 is 2.36 bits per heavy atom. The van der Waals surface area contributed by atoms with E-state index in [0.717, 1.165) is 4.90 Å². The largest absolute Gasteiger partial charge is 0.463 e. The van der Waals surface area contributed by atoms with Crippen molar-refractivity contribution in [1.29, 1.82) is 0 Å². The normalized spacial score (nSPS) is 27.0. The first kappa shape index (κ1) is 22.4. The predicted octanol–water partition coefficient (Wildman–Crippen LogP) is 2.61. The molecule has 28 heavy (non-hydrogen) atoms. The molecule has 0 spiro atoms. The minimum absolute atomic E-state index is 0.0986. The number of hydrogen-bond acceptors (Lipinski definition) is 9. The highest BCUT2D eigenvalue weighted by Gasteiger charge is 2.48. The Morgan fingerprint density at radius 2 is 1.79 bits per heavy atom. The number of aromatic nitrogens is 1. The molecule has 0 aliphatic carbocycles. The number of hydrogen-bond donors (Lipinski definition) is 0. The lowest BCUT2D eigenvalue weighted by atomic mass is 9.91. The highest BCUT2D eigenvalue weighted by atomic mass is 35.5. The van der Waals surface area contributed by atoms with Gasteiger partial charge in [-0.1, -0.05) is 30.3 Å². The Labute approximate surface area is 172 Å². The van der Waals surface area contributed by atoms with Crippen LogP contribution in [-0.4, -0.2) is 53.2 Å². The molecule has 0 bridgehead atoms. The van der Waals surface area contributed by atoms with E-state index in [0.29, 0.717) is 5.15 Å². The van der Waals surface area contributed by atoms with Gasteiger partial charge in [0.15, 0.2) is 0 Å². The molecular weight excluding hydrogens is 410 g/mol. The van der Waals surface area contributed by atoms with E-state index >= 15 is 0 Å². The first-order valence-electron chi connectivity index (χ1n) is 8.59. The molecule has 1 fully saturated rings. The summed E-state index contributed by atoms with van der Waals surface area (Å²) in [4.78, 5) is 39.1. The van der Waals surface area contributed by atoms with E-state index in [-0.39, 0.29) is 6.61 Å². The molecule has 5 atom stereocenters. The van der Waals surface area contributed by atoms with Crippen molar-refractivity contribution in [1.82, 2.24) is 4.98 Å². The van der Waals surface area contributed by atoms with Crippen LogP contribution < -0.4 is 0 Å². The highest BCUT2D eigenvalue weighted by molar-refractivity contribution is 7.99. The number of nitrogens with zero attached hydrogens (tertiary/aromatic N) is 1. The van der Waals surface area contributed by atoms with Crippen LogP contribution in [0.15, 0.2) is 23.2 Å². The van der Waals surface area contributed by atoms with Gasteiger partial charge in [0.2, 0.25) is 0 Å². The second-order valence-corrected chi connectivity index (χ2v) is 7.84. The molecule has 8 nitrogen and oxygen atoms in total. The van der Waals surface area contributed by atoms with Crippen molar-refractivity contribution in [3.63, 3.8) is 0 Å². The molecule has 2 rings (SSSR count). The van der Waals surface area contributed by atoms with Gasteiger partial charge in [0.05, 0.1) is 0 Å². The molecule has 1 aromatic rings. The molecule has 2 heterocycles. The number of carbonyl (C=O) groups excluding carboxylic acids is 3. The van der Waals surface area contributed by atoms with Crippen LogP contribution in [-0.2, 0) is 33.3 Å². The lowest BCUT2D eigenvalue weighted by Crippen LogP contribution is -2.56. The maximum atomic E-state index is 11.6. The summed E-state index contributed by atoms with van der Waals surface area (Å²) in [6.07, 6.45) is -0.619. The zero-order valence-corrected chi connectivity index (χ0v) is 17.5. The number of halogens is 1. The highest BCUT2D eigenvalue weighted by Crippen LogP contribution is 2.39. The number of rotatable bonds is 6. The van der Waals surface area contributed by atoms with Crippen LogP contribution in [0.5, 0.6) is 0 Å². The molecule has 3 unspecified atom stereocenters. The third kappa shape index (κ3) is 6.35. The Morgan fingerprint density at radius 1 is 1.14 bits per heavy atom. The van der Waals surface area contributed by atoms with E-state index in [4.69, 9.17) is 30.5 Å². The third-order valence-electron chi connectivity index (χ3n) is 3.99. The van der Waals surface area contributed by atoms with E-state index < -0.39 is 47.6 Å². The van der Waals surface area contributed by atoms with Crippen LogP contribution in [0.3, 0.4) is 0 Å². The quantitative estimate of drug-likeness (QED) is 0.382. The number of carbonyl (C=O) groups is 3. The average Bonchev–Trinajstić information content (AvgIpc) is 2.58. The first-order chi connectivity index (χ1) is 13.2. The lowest BCUT2D eigenvalue weighted by Gasteiger charge is -2.43. The molecular formula is C18H22ClNO7S. The van der Waals surface area contributed by atoms with Crippen molar-refractivity contribution in [2.75, 3.05) is 6.61 Å². The van der Waals surface area contributed by atoms with Gasteiger partial charge in [-0.2, -0.15) is 0 Å². The van der Waals surface area contributed by atoms with Crippen LogP contribution in [0.2, 0.25) is 5.15 Å². The van der Waals surface area contributed by atoms with Crippen molar-refractivity contribution in [2.45, 2.75) is 56.3 Å². The minimum Gasteiger partial charge on any atom is -0.463 e. The molecule has 0 N–H and O–H groups in total. The fraction of sp³-hybridized carbons (Fsp3) is 0.556. The SMILES string of the molecule is CC(=O)OCC1O[C@H](Sc2ccnc(Cl)c2)C(OC(C)=O)C(C)[C@H]1OC(C)=O. The Kier molecular flexibility index (Phi) is 8.09. The fourth-order valence-corrected chi connectivity index (χ4v) is 4.31. The van der Waals surface area contributed by atoms with Gasteiger partial charge >= 0.3 is 17.9 Å². The molecule has 1 aliphatic rings. The molecule has 0 saturated carbocycles. The Hall–Kier alpha value is -1.84. The fourth-order valence-electron chi connectivity index (χ4n) is 2.85. The van der Waals surface area contributed by atoms with Gasteiger partial charge in [0.1, 0.15) is 35.5 Å². The number of ether oxygens (including phenoxy) is 4. The minimum atomic E-state index is -0.751. The molecule has 1 aliphatic heterocycles. The molecule has 1 saturated heterocycles. The van der Waals surface area contributed by atoms with E-state index in [9.17, 15) is 14.4 Å². The second-order valence-electron chi connectivity index (χ2n) is 6.28. The summed E-state index contributed by atoms with van der Waals surface area (Å²) in [6.45, 7) is 5.54. The zero-order chi connectivity index (χ0) is 20.8. The van der Waals surface area contributed by atoms with E-state index in [1.54, 1.807) is 25.3 Å². The van der Waals surface area contributed by atoms with Gasteiger partial charge in [0, 0.05) is 37.8 Å². The molecule has 0 aromatic carbocycles. The van der Waals surface area contributed by atoms with Gasteiger partial charge in [-0.25, -0.2) is 4.98 Å². The summed E-state index contributed by atoms with van der Waals surface area (Å²) < 4.78 is 22.0. The topological polar surface area (TPSA) is 101 Å². The van der Waals surface area contributed by atoms with Gasteiger partial charge in [-0.15, -0.1) is 0 Å². The summed E-state index contributed by atoms with van der Waals surface area (Å²) in [5.74, 6) is -1.89. The zero-order valence-electron chi connectivity index (χ0n) is 15.9. The maximum Gasteiger partial charge on any atom is 0.303 e. The summed E-state index contributed by atoms with van der Waals surface area (Å²) in [7, 11) is 0. The molecule has 154 valence electrons. The van der Waals surface area contributed by atoms with Gasteiger partial charge in [0.25, 0.3) is 0 Å². The Bertz CT molecular complexity index is 730. The number of esters is 3. The molecule has 0 amide bonds. The Balaban J connectivity index is 2.29. The summed E-state index contributed by atoms with van der Waals surface area (Å²) in [6, 6.07) is 3.40. The number of pyridine rings is 1. The third-order valence-corrected chi connectivity index (χ3v) is 5.33. The van der Waals surface area contributed by atoms with Crippen molar-refractivity contribution in [2.24, 2.45) is 5.92 Å². The first-order valence-corrected chi connectivity index (χ1v) is 9.84. The van der Waals surface area contributed by atoms with E-state index in [2.05, 4.69) is 4.98 Å². The van der Waals surface area contributed by atoms with Crippen LogP contribution in [0.4, 0.5) is 0 Å². The molecule has 0 radical (unpaired) electrons. The van der Waals surface area contributed by atoms with Crippen molar-refractivity contribution in [3.05, 3.63) is 23.5 Å². The van der Waals surface area contributed by atoms with Crippen LogP contribution in [0.25, 0.3) is 0 Å². The second kappa shape index (κ2) is 10.1. The van der Waals surface area contributed by atoms with Crippen molar-refractivity contribution >= 4 is 41.3 Å². The molecule has 10 heteroatoms. The summed E-state index contributed by atoms with van der Waals surface area (Å²) in [5.41, 5.74) is -0.635. The summed E-state index contributed by atoms with van der Waals surface area (Å²) in [5, 5.41) is 0.312. The smallest absolute Gasteiger partial charge is 0.303 e. The molecule has 1 aromatic heterocycles. The van der Waals surface area contributed by atoms with Crippen LogP contribution in [0, 0.1) is 5.92 Å². The van der Waals surface area contributed by atoms with Crippen molar-refractivity contribution < 1.29 is 33.3 Å². The summed E-state index contributed by atoms with van der Waals surface area (Å²) >= 11 is 7.23. The van der Waals surface area contributed by atoms with Gasteiger partial charge in [-0.05, 0) is 12.1 Å². The van der Waals surface area contributed by atoms with Crippen molar-refractivity contribution in [3.8, 4) is 0 Å². The maximum absolute atomic E-state index is 11.6. The number of thioether (sulfide) groups is 1. The average molecular weight is 432 g/mol. The standard InChI is InChI=1S/C18H22ClNO7S/c1-9-16(25-11(3)22)14(8-24-10(2)21)27-18(17(9)26-12(4)23)28-13-5-6-20-15(19)7-13/h5-7,9,14,16-18H,8H2,1-4H3/t9?,14?,16-,17?,18-/m1/s1. The van der Waals surface area contributed by atoms with Crippen LogP contribution >= 0.6 is 23.4 Å². The predicted molar refractivity (Wildman–Crippen MR) is 101 cm³/mol. The monoisotopic (exact) mass is 431 g/mol. The van der Waals surface area contributed by atoms with Gasteiger partial charge < -0.3 is 18.9 Å². The van der Waals surface area contributed by atoms with E-state index in [1.165, 1.54) is 32.5 Å². The van der Waals surface area contributed by atoms with Gasteiger partial charge in [-0.3, -0.25) is 14.4 Å².